The normalized spacial score (nSPS) is 10.5. The van der Waals surface area contributed by atoms with Gasteiger partial charge in [-0.15, -0.1) is 5.10 Å². The fourth-order valence-electron chi connectivity index (χ4n) is 2.02. The zero-order chi connectivity index (χ0) is 16.2. The Bertz CT molecular complexity index is 847. The van der Waals surface area contributed by atoms with Gasteiger partial charge >= 0.3 is 0 Å². The molecule has 0 radical (unpaired) electrons. The van der Waals surface area contributed by atoms with E-state index in [1.165, 1.54) is 4.68 Å². The summed E-state index contributed by atoms with van der Waals surface area (Å²) in [7, 11) is 0. The van der Waals surface area contributed by atoms with E-state index in [0.29, 0.717) is 16.6 Å². The minimum absolute atomic E-state index is 0.219. The van der Waals surface area contributed by atoms with Crippen LogP contribution in [0, 0.1) is 0 Å². The Morgan fingerprint density at radius 3 is 2.74 bits per heavy atom. The number of hydrogen-bond acceptors (Lipinski definition) is 3. The highest BCUT2D eigenvalue weighted by Crippen LogP contribution is 2.15. The summed E-state index contributed by atoms with van der Waals surface area (Å²) in [5, 5.41) is 11.8. The molecule has 5 nitrogen and oxygen atoms in total. The van der Waals surface area contributed by atoms with Crippen LogP contribution in [0.2, 0.25) is 10.0 Å². The average molecular weight is 347 g/mol. The topological polar surface area (TPSA) is 59.8 Å². The first-order valence-corrected chi connectivity index (χ1v) is 7.59. The van der Waals surface area contributed by atoms with Crippen molar-refractivity contribution in [2.75, 3.05) is 0 Å². The lowest BCUT2D eigenvalue weighted by Gasteiger charge is -2.04. The van der Waals surface area contributed by atoms with Crippen molar-refractivity contribution in [2.45, 2.75) is 6.54 Å². The smallest absolute Gasteiger partial charge is 0.273 e. The van der Waals surface area contributed by atoms with Crippen molar-refractivity contribution >= 4 is 29.1 Å². The summed E-state index contributed by atoms with van der Waals surface area (Å²) in [5.74, 6) is -0.321. The molecule has 1 amide bonds. The molecule has 3 aromatic rings. The second-order valence-corrected chi connectivity index (χ2v) is 5.65. The first kappa shape index (κ1) is 15.5. The van der Waals surface area contributed by atoms with E-state index in [9.17, 15) is 4.79 Å². The van der Waals surface area contributed by atoms with Gasteiger partial charge in [-0.2, -0.15) is 0 Å². The predicted octanol–water partition coefficient (Wildman–Crippen LogP) is 3.50. The van der Waals surface area contributed by atoms with Gasteiger partial charge in [0.05, 0.1) is 11.9 Å². The van der Waals surface area contributed by atoms with Gasteiger partial charge in [-0.3, -0.25) is 4.79 Å². The number of amides is 1. The average Bonchev–Trinajstić information content (AvgIpc) is 3.04. The number of benzene rings is 2. The number of carbonyl (C=O) groups is 1. The van der Waals surface area contributed by atoms with Gasteiger partial charge < -0.3 is 5.32 Å². The van der Waals surface area contributed by atoms with Crippen molar-refractivity contribution in [2.24, 2.45) is 0 Å². The lowest BCUT2D eigenvalue weighted by atomic mass is 10.2. The van der Waals surface area contributed by atoms with Crippen molar-refractivity contribution in [3.8, 4) is 5.69 Å². The molecular weight excluding hydrogens is 335 g/mol. The molecule has 0 unspecified atom stereocenters. The second-order valence-electron chi connectivity index (χ2n) is 4.80. The van der Waals surface area contributed by atoms with Crippen LogP contribution in [0.25, 0.3) is 5.69 Å². The minimum atomic E-state index is -0.321. The van der Waals surface area contributed by atoms with E-state index in [1.807, 2.05) is 24.3 Å². The molecule has 1 aromatic heterocycles. The number of nitrogens with zero attached hydrogens (tertiary/aromatic N) is 3. The van der Waals surface area contributed by atoms with Crippen LogP contribution in [0.5, 0.6) is 0 Å². The quantitative estimate of drug-likeness (QED) is 0.786. The number of aromatic nitrogens is 3. The third-order valence-electron chi connectivity index (χ3n) is 3.20. The van der Waals surface area contributed by atoms with Crippen molar-refractivity contribution in [1.82, 2.24) is 20.3 Å². The standard InChI is InChI=1S/C16H12Cl2N4O/c17-12-5-3-6-13(8-12)22-10-15(20-21-22)16(23)19-9-11-4-1-2-7-14(11)18/h1-8,10H,9H2,(H,19,23). The van der Waals surface area contributed by atoms with Crippen LogP contribution < -0.4 is 5.32 Å². The van der Waals surface area contributed by atoms with Crippen molar-refractivity contribution in [3.05, 3.63) is 76.0 Å². The van der Waals surface area contributed by atoms with Crippen molar-refractivity contribution < 1.29 is 4.79 Å². The monoisotopic (exact) mass is 346 g/mol. The zero-order valence-corrected chi connectivity index (χ0v) is 13.4. The number of carbonyl (C=O) groups excluding carboxylic acids is 1. The van der Waals surface area contributed by atoms with Crippen molar-refractivity contribution in [3.63, 3.8) is 0 Å². The molecule has 0 aliphatic heterocycles. The molecule has 1 N–H and O–H groups in total. The Morgan fingerprint density at radius 1 is 1.13 bits per heavy atom. The highest BCUT2D eigenvalue weighted by molar-refractivity contribution is 6.31. The maximum absolute atomic E-state index is 12.1. The Morgan fingerprint density at radius 2 is 1.96 bits per heavy atom. The lowest BCUT2D eigenvalue weighted by molar-refractivity contribution is 0.0946. The van der Waals surface area contributed by atoms with Gasteiger partial charge in [0.2, 0.25) is 0 Å². The molecule has 0 spiro atoms. The van der Waals surface area contributed by atoms with Gasteiger partial charge in [-0.25, -0.2) is 4.68 Å². The molecular formula is C16H12Cl2N4O. The van der Waals surface area contributed by atoms with Gasteiger partial charge in [0.15, 0.2) is 5.69 Å². The van der Waals surface area contributed by atoms with Gasteiger partial charge in [0.25, 0.3) is 5.91 Å². The molecule has 2 aromatic carbocycles. The molecule has 1 heterocycles. The van der Waals surface area contributed by atoms with E-state index in [2.05, 4.69) is 15.6 Å². The summed E-state index contributed by atoms with van der Waals surface area (Å²) < 4.78 is 1.50. The van der Waals surface area contributed by atoms with Crippen LogP contribution in [-0.4, -0.2) is 20.9 Å². The molecule has 0 saturated heterocycles. The summed E-state index contributed by atoms with van der Waals surface area (Å²) in [6.07, 6.45) is 1.55. The van der Waals surface area contributed by atoms with E-state index in [4.69, 9.17) is 23.2 Å². The van der Waals surface area contributed by atoms with E-state index >= 15 is 0 Å². The minimum Gasteiger partial charge on any atom is -0.346 e. The molecule has 0 aliphatic rings. The third kappa shape index (κ3) is 3.70. The van der Waals surface area contributed by atoms with Crippen LogP contribution in [0.3, 0.4) is 0 Å². The Labute approximate surface area is 142 Å². The molecule has 7 heteroatoms. The largest absolute Gasteiger partial charge is 0.346 e. The zero-order valence-electron chi connectivity index (χ0n) is 11.9. The van der Waals surface area contributed by atoms with Gasteiger partial charge in [0, 0.05) is 16.6 Å². The highest BCUT2D eigenvalue weighted by atomic mass is 35.5. The molecule has 0 bridgehead atoms. The highest BCUT2D eigenvalue weighted by Gasteiger charge is 2.12. The lowest BCUT2D eigenvalue weighted by Crippen LogP contribution is -2.23. The molecule has 0 saturated carbocycles. The van der Waals surface area contributed by atoms with Gasteiger partial charge in [-0.05, 0) is 29.8 Å². The fourth-order valence-corrected chi connectivity index (χ4v) is 2.41. The summed E-state index contributed by atoms with van der Waals surface area (Å²) in [4.78, 5) is 12.1. The van der Waals surface area contributed by atoms with Crippen LogP contribution >= 0.6 is 23.2 Å². The second kappa shape index (κ2) is 6.81. The number of rotatable bonds is 4. The molecule has 0 aliphatic carbocycles. The Hall–Kier alpha value is -2.37. The van der Waals surface area contributed by atoms with E-state index in [-0.39, 0.29) is 11.6 Å². The van der Waals surface area contributed by atoms with Crippen LogP contribution in [0.1, 0.15) is 16.1 Å². The van der Waals surface area contributed by atoms with E-state index in [1.54, 1.807) is 30.5 Å². The van der Waals surface area contributed by atoms with Crippen molar-refractivity contribution in [1.29, 1.82) is 0 Å². The molecule has 116 valence electrons. The number of nitrogens with one attached hydrogen (secondary N) is 1. The fraction of sp³-hybridized carbons (Fsp3) is 0.0625. The molecule has 0 fully saturated rings. The van der Waals surface area contributed by atoms with Gasteiger partial charge in [0.1, 0.15) is 0 Å². The Kier molecular flexibility index (Phi) is 4.60. The van der Waals surface area contributed by atoms with Crippen LogP contribution in [0.4, 0.5) is 0 Å². The third-order valence-corrected chi connectivity index (χ3v) is 3.80. The first-order valence-electron chi connectivity index (χ1n) is 6.83. The first-order chi connectivity index (χ1) is 11.1. The molecule has 23 heavy (non-hydrogen) atoms. The SMILES string of the molecule is O=C(NCc1ccccc1Cl)c1cn(-c2cccc(Cl)c2)nn1. The summed E-state index contributed by atoms with van der Waals surface area (Å²) in [6.45, 7) is 0.322. The maximum Gasteiger partial charge on any atom is 0.273 e. The predicted molar refractivity (Wildman–Crippen MR) is 89.0 cm³/mol. The summed E-state index contributed by atoms with van der Waals surface area (Å²) in [5.41, 5.74) is 1.79. The van der Waals surface area contributed by atoms with Crippen LogP contribution in [-0.2, 0) is 6.54 Å². The number of hydrogen-bond donors (Lipinski definition) is 1. The number of halogens is 2. The Balaban J connectivity index is 1.70. The van der Waals surface area contributed by atoms with Gasteiger partial charge in [-0.1, -0.05) is 52.7 Å². The molecule has 3 rings (SSSR count). The van der Waals surface area contributed by atoms with E-state index in [0.717, 1.165) is 11.3 Å². The van der Waals surface area contributed by atoms with Crippen LogP contribution in [0.15, 0.2) is 54.7 Å². The summed E-state index contributed by atoms with van der Waals surface area (Å²) in [6, 6.07) is 14.5. The maximum atomic E-state index is 12.1. The molecule has 0 atom stereocenters. The van der Waals surface area contributed by atoms with E-state index < -0.39 is 0 Å². The summed E-state index contributed by atoms with van der Waals surface area (Å²) >= 11 is 12.0.